The van der Waals surface area contributed by atoms with Gasteiger partial charge in [0.2, 0.25) is 11.8 Å². The van der Waals surface area contributed by atoms with Crippen LogP contribution in [0.3, 0.4) is 0 Å². The summed E-state index contributed by atoms with van der Waals surface area (Å²) in [5.74, 6) is 0.790. The number of aromatic nitrogens is 2. The number of carbonyl (C=O) groups excluding carboxylic acids is 2. The summed E-state index contributed by atoms with van der Waals surface area (Å²) in [6, 6.07) is 12.4. The van der Waals surface area contributed by atoms with Crippen molar-refractivity contribution >= 4 is 33.3 Å². The van der Waals surface area contributed by atoms with Crippen molar-refractivity contribution in [3.05, 3.63) is 58.4 Å². The summed E-state index contributed by atoms with van der Waals surface area (Å²) in [6.07, 6.45) is 1.17. The lowest BCUT2D eigenvalue weighted by atomic mass is 10.1. The Morgan fingerprint density at radius 3 is 2.59 bits per heavy atom. The van der Waals surface area contributed by atoms with Gasteiger partial charge < -0.3 is 14.5 Å². The van der Waals surface area contributed by atoms with Crippen molar-refractivity contribution in [2.45, 2.75) is 33.3 Å². The van der Waals surface area contributed by atoms with Crippen LogP contribution in [0.2, 0.25) is 0 Å². The van der Waals surface area contributed by atoms with Crippen molar-refractivity contribution in [1.29, 1.82) is 0 Å². The fraction of sp³-hybridized carbons (Fsp3) is 0.238. The maximum atomic E-state index is 12.0. The van der Waals surface area contributed by atoms with E-state index in [1.54, 1.807) is 18.2 Å². The Labute approximate surface area is 176 Å². The van der Waals surface area contributed by atoms with Gasteiger partial charge in [0.05, 0.1) is 5.56 Å². The number of hydrogen-bond donors (Lipinski definition) is 1. The van der Waals surface area contributed by atoms with Crippen LogP contribution in [0.25, 0.3) is 11.5 Å². The van der Waals surface area contributed by atoms with Crippen LogP contribution in [0, 0.1) is 0 Å². The van der Waals surface area contributed by atoms with Crippen molar-refractivity contribution in [2.75, 3.05) is 5.32 Å². The van der Waals surface area contributed by atoms with E-state index < -0.39 is 0 Å². The van der Waals surface area contributed by atoms with Crippen molar-refractivity contribution in [1.82, 2.24) is 10.2 Å². The van der Waals surface area contributed by atoms with Crippen LogP contribution in [-0.4, -0.2) is 21.9 Å². The van der Waals surface area contributed by atoms with Crippen LogP contribution < -0.4 is 10.1 Å². The second kappa shape index (κ2) is 9.47. The Morgan fingerprint density at radius 2 is 1.90 bits per heavy atom. The van der Waals surface area contributed by atoms with Gasteiger partial charge in [-0.15, -0.1) is 10.2 Å². The molecule has 1 N–H and O–H groups in total. The van der Waals surface area contributed by atoms with E-state index in [-0.39, 0.29) is 24.2 Å². The molecule has 0 fully saturated rings. The molecule has 3 rings (SSSR count). The number of ether oxygens (including phenoxy) is 1. The zero-order chi connectivity index (χ0) is 20.8. The summed E-state index contributed by atoms with van der Waals surface area (Å²) >= 11 is 3.38. The average Bonchev–Trinajstić information content (AvgIpc) is 3.16. The standard InChI is InChI=1S/C21H20BrN3O4/c1-3-4-19(27)23-16-9-10-18(17(11-16)13(2)26)28-12-20-24-25-21(29-20)14-5-7-15(22)8-6-14/h5-11H,3-4,12H2,1-2H3,(H,23,27). The smallest absolute Gasteiger partial charge is 0.254 e. The average molecular weight is 458 g/mol. The second-order valence-electron chi connectivity index (χ2n) is 6.36. The van der Waals surface area contributed by atoms with E-state index in [1.807, 2.05) is 31.2 Å². The minimum Gasteiger partial charge on any atom is -0.483 e. The lowest BCUT2D eigenvalue weighted by molar-refractivity contribution is -0.116. The molecule has 8 heteroatoms. The molecule has 0 atom stereocenters. The van der Waals surface area contributed by atoms with Crippen molar-refractivity contribution < 1.29 is 18.7 Å². The summed E-state index contributed by atoms with van der Waals surface area (Å²) in [7, 11) is 0. The first-order valence-corrected chi connectivity index (χ1v) is 9.91. The predicted molar refractivity (Wildman–Crippen MR) is 112 cm³/mol. The number of benzene rings is 2. The minimum atomic E-state index is -0.173. The fourth-order valence-corrected chi connectivity index (χ4v) is 2.88. The molecule has 0 saturated heterocycles. The van der Waals surface area contributed by atoms with E-state index >= 15 is 0 Å². The second-order valence-corrected chi connectivity index (χ2v) is 7.28. The molecule has 2 aromatic carbocycles. The summed E-state index contributed by atoms with van der Waals surface area (Å²) in [4.78, 5) is 23.8. The predicted octanol–water partition coefficient (Wildman–Crippen LogP) is 5.02. The number of Topliss-reactive ketones (excluding diaryl/α,β-unsaturated/α-hetero) is 1. The summed E-state index contributed by atoms with van der Waals surface area (Å²) in [5.41, 5.74) is 1.71. The maximum Gasteiger partial charge on any atom is 0.254 e. The number of carbonyl (C=O) groups is 2. The molecule has 1 heterocycles. The lowest BCUT2D eigenvalue weighted by Gasteiger charge is -2.11. The highest BCUT2D eigenvalue weighted by atomic mass is 79.9. The molecule has 0 aliphatic rings. The van der Waals surface area contributed by atoms with E-state index in [0.29, 0.717) is 29.3 Å². The molecule has 150 valence electrons. The molecular weight excluding hydrogens is 438 g/mol. The van der Waals surface area contributed by atoms with Crippen LogP contribution in [-0.2, 0) is 11.4 Å². The molecule has 1 aromatic heterocycles. The third-order valence-electron chi connectivity index (χ3n) is 4.03. The number of nitrogens with zero attached hydrogens (tertiary/aromatic N) is 2. The van der Waals surface area contributed by atoms with Crippen LogP contribution in [0.1, 0.15) is 42.9 Å². The Hall–Kier alpha value is -3.00. The number of rotatable bonds is 8. The zero-order valence-electron chi connectivity index (χ0n) is 16.1. The number of nitrogens with one attached hydrogen (secondary N) is 1. The van der Waals surface area contributed by atoms with Crippen LogP contribution in [0.5, 0.6) is 5.75 Å². The van der Waals surface area contributed by atoms with E-state index in [4.69, 9.17) is 9.15 Å². The van der Waals surface area contributed by atoms with E-state index in [9.17, 15) is 9.59 Å². The molecule has 1 amide bonds. The van der Waals surface area contributed by atoms with Gasteiger partial charge in [0.15, 0.2) is 12.4 Å². The first kappa shape index (κ1) is 20.7. The van der Waals surface area contributed by atoms with Crippen LogP contribution in [0.15, 0.2) is 51.4 Å². The number of anilines is 1. The van der Waals surface area contributed by atoms with Crippen LogP contribution >= 0.6 is 15.9 Å². The first-order chi connectivity index (χ1) is 14.0. The quantitative estimate of drug-likeness (QED) is 0.477. The van der Waals surface area contributed by atoms with Gasteiger partial charge in [-0.3, -0.25) is 9.59 Å². The first-order valence-electron chi connectivity index (χ1n) is 9.12. The molecule has 0 aliphatic heterocycles. The van der Waals surface area contributed by atoms with Gasteiger partial charge in [0, 0.05) is 22.1 Å². The number of halogens is 1. The lowest BCUT2D eigenvalue weighted by Crippen LogP contribution is -2.11. The van der Waals surface area contributed by atoms with Crippen molar-refractivity contribution in [3.8, 4) is 17.2 Å². The molecule has 0 aliphatic carbocycles. The third kappa shape index (κ3) is 5.51. The monoisotopic (exact) mass is 457 g/mol. The maximum absolute atomic E-state index is 12.0. The number of hydrogen-bond acceptors (Lipinski definition) is 6. The molecule has 3 aromatic rings. The molecule has 0 unspecified atom stereocenters. The van der Waals surface area contributed by atoms with Gasteiger partial charge in [-0.05, 0) is 55.8 Å². The summed E-state index contributed by atoms with van der Waals surface area (Å²) in [5, 5.41) is 10.8. The Bertz CT molecular complexity index is 1020. The van der Waals surface area contributed by atoms with Crippen LogP contribution in [0.4, 0.5) is 5.69 Å². The molecule has 0 bridgehead atoms. The highest BCUT2D eigenvalue weighted by molar-refractivity contribution is 9.10. The molecular formula is C21H20BrN3O4. The highest BCUT2D eigenvalue weighted by Gasteiger charge is 2.14. The summed E-state index contributed by atoms with van der Waals surface area (Å²) < 4.78 is 12.3. The van der Waals surface area contributed by atoms with Gasteiger partial charge in [0.25, 0.3) is 5.89 Å². The number of ketones is 1. The van der Waals surface area contributed by atoms with E-state index in [2.05, 4.69) is 31.4 Å². The Balaban J connectivity index is 1.70. The largest absolute Gasteiger partial charge is 0.483 e. The van der Waals surface area contributed by atoms with Gasteiger partial charge in [-0.25, -0.2) is 0 Å². The Kier molecular flexibility index (Phi) is 6.77. The topological polar surface area (TPSA) is 94.3 Å². The van der Waals surface area contributed by atoms with E-state index in [0.717, 1.165) is 16.5 Å². The van der Waals surface area contributed by atoms with Gasteiger partial charge >= 0.3 is 0 Å². The van der Waals surface area contributed by atoms with Gasteiger partial charge in [0.1, 0.15) is 5.75 Å². The minimum absolute atomic E-state index is 0.0192. The third-order valence-corrected chi connectivity index (χ3v) is 4.56. The SMILES string of the molecule is CCCC(=O)Nc1ccc(OCc2nnc(-c3ccc(Br)cc3)o2)c(C(C)=O)c1. The zero-order valence-corrected chi connectivity index (χ0v) is 17.7. The molecule has 0 spiro atoms. The Morgan fingerprint density at radius 1 is 1.14 bits per heavy atom. The molecule has 0 radical (unpaired) electrons. The fourth-order valence-electron chi connectivity index (χ4n) is 2.62. The van der Waals surface area contributed by atoms with Gasteiger partial charge in [-0.1, -0.05) is 22.9 Å². The highest BCUT2D eigenvalue weighted by Crippen LogP contribution is 2.25. The summed E-state index contributed by atoms with van der Waals surface area (Å²) in [6.45, 7) is 3.39. The van der Waals surface area contributed by atoms with Gasteiger partial charge in [-0.2, -0.15) is 0 Å². The van der Waals surface area contributed by atoms with Crippen molar-refractivity contribution in [2.24, 2.45) is 0 Å². The molecule has 29 heavy (non-hydrogen) atoms. The van der Waals surface area contributed by atoms with E-state index in [1.165, 1.54) is 6.92 Å². The number of amides is 1. The molecule has 0 saturated carbocycles. The van der Waals surface area contributed by atoms with Crippen molar-refractivity contribution in [3.63, 3.8) is 0 Å². The molecule has 7 nitrogen and oxygen atoms in total. The normalized spacial score (nSPS) is 10.6.